The fraction of sp³-hybridized carbons (Fsp3) is 0.389. The maximum Gasteiger partial charge on any atom is 0.414 e. The van der Waals surface area contributed by atoms with E-state index in [1.54, 1.807) is 11.0 Å². The molecule has 0 radical (unpaired) electrons. The van der Waals surface area contributed by atoms with Gasteiger partial charge in [-0.15, -0.1) is 0 Å². The van der Waals surface area contributed by atoms with Crippen LogP contribution in [0.15, 0.2) is 30.3 Å². The lowest BCUT2D eigenvalue weighted by atomic mass is 9.96. The van der Waals surface area contributed by atoms with Crippen LogP contribution in [0, 0.1) is 0 Å². The molecule has 4 heteroatoms. The van der Waals surface area contributed by atoms with Gasteiger partial charge in [-0.25, -0.2) is 4.79 Å². The van der Waals surface area contributed by atoms with Gasteiger partial charge >= 0.3 is 6.09 Å². The number of nitrogens with zero attached hydrogens (tertiary/aromatic N) is 1. The second-order valence-electron chi connectivity index (χ2n) is 6.86. The highest BCUT2D eigenvalue weighted by Gasteiger charge is 2.34. The summed E-state index contributed by atoms with van der Waals surface area (Å²) in [6.45, 7) is 8.28. The highest BCUT2D eigenvalue weighted by molar-refractivity contribution is 6.00. The van der Waals surface area contributed by atoms with Crippen molar-refractivity contribution in [2.75, 3.05) is 11.4 Å². The standard InChI is InChI=1S/C18H21NO3/c1-11-10-19(17(21)22-18(2,3)4)14-9-8-12-13(16(11)14)6-5-7-15(12)20/h5-9,11,20H,10H2,1-4H3. The van der Waals surface area contributed by atoms with Crippen molar-refractivity contribution >= 4 is 22.6 Å². The fourth-order valence-corrected chi connectivity index (χ4v) is 3.06. The third-order valence-corrected chi connectivity index (χ3v) is 3.91. The van der Waals surface area contributed by atoms with Crippen molar-refractivity contribution in [2.45, 2.75) is 39.2 Å². The minimum absolute atomic E-state index is 0.202. The molecule has 3 rings (SSSR count). The molecule has 1 unspecified atom stereocenters. The van der Waals surface area contributed by atoms with Crippen LogP contribution < -0.4 is 4.90 Å². The first-order chi connectivity index (χ1) is 10.3. The molecule has 22 heavy (non-hydrogen) atoms. The number of phenols is 1. The SMILES string of the molecule is CC1CN(C(=O)OC(C)(C)C)c2ccc3c(O)cccc3c21. The van der Waals surface area contributed by atoms with Gasteiger partial charge < -0.3 is 9.84 Å². The van der Waals surface area contributed by atoms with E-state index in [2.05, 4.69) is 6.92 Å². The lowest BCUT2D eigenvalue weighted by molar-refractivity contribution is 0.0582. The molecule has 0 saturated heterocycles. The molecule has 1 N–H and O–H groups in total. The Morgan fingerprint density at radius 3 is 2.64 bits per heavy atom. The quantitative estimate of drug-likeness (QED) is 0.784. The Kier molecular flexibility index (Phi) is 3.28. The van der Waals surface area contributed by atoms with Crippen molar-refractivity contribution in [3.05, 3.63) is 35.9 Å². The summed E-state index contributed by atoms with van der Waals surface area (Å²) in [5.41, 5.74) is 1.46. The molecule has 0 aromatic heterocycles. The summed E-state index contributed by atoms with van der Waals surface area (Å²) in [5, 5.41) is 11.8. The van der Waals surface area contributed by atoms with Crippen molar-refractivity contribution in [3.63, 3.8) is 0 Å². The van der Waals surface area contributed by atoms with Gasteiger partial charge in [0.05, 0.1) is 5.69 Å². The average Bonchev–Trinajstić information content (AvgIpc) is 2.75. The van der Waals surface area contributed by atoms with Crippen LogP contribution in [0.2, 0.25) is 0 Å². The molecule has 0 spiro atoms. The first-order valence-corrected chi connectivity index (χ1v) is 7.53. The van der Waals surface area contributed by atoms with Gasteiger partial charge in [0.25, 0.3) is 0 Å². The Morgan fingerprint density at radius 1 is 1.23 bits per heavy atom. The third-order valence-electron chi connectivity index (χ3n) is 3.91. The van der Waals surface area contributed by atoms with E-state index in [-0.39, 0.29) is 17.8 Å². The molecule has 0 aliphatic carbocycles. The fourth-order valence-electron chi connectivity index (χ4n) is 3.06. The number of amides is 1. The topological polar surface area (TPSA) is 49.8 Å². The highest BCUT2D eigenvalue weighted by Crippen LogP contribution is 2.43. The van der Waals surface area contributed by atoms with Crippen LogP contribution in [-0.2, 0) is 4.74 Å². The van der Waals surface area contributed by atoms with Gasteiger partial charge in [0.1, 0.15) is 11.4 Å². The maximum absolute atomic E-state index is 12.4. The molecule has 1 aliphatic heterocycles. The molecule has 4 nitrogen and oxygen atoms in total. The molecular weight excluding hydrogens is 278 g/mol. The van der Waals surface area contributed by atoms with Crippen molar-refractivity contribution in [3.8, 4) is 5.75 Å². The second-order valence-corrected chi connectivity index (χ2v) is 6.86. The smallest absolute Gasteiger partial charge is 0.414 e. The number of phenolic OH excluding ortho intramolecular Hbond substituents is 1. The lowest BCUT2D eigenvalue weighted by Gasteiger charge is -2.25. The van der Waals surface area contributed by atoms with Crippen LogP contribution >= 0.6 is 0 Å². The van der Waals surface area contributed by atoms with Gasteiger partial charge in [-0.2, -0.15) is 0 Å². The molecule has 116 valence electrons. The molecule has 1 atom stereocenters. The van der Waals surface area contributed by atoms with E-state index in [9.17, 15) is 9.90 Å². The number of rotatable bonds is 0. The van der Waals surface area contributed by atoms with Crippen molar-refractivity contribution < 1.29 is 14.6 Å². The number of aromatic hydroxyl groups is 1. The minimum atomic E-state index is -0.516. The van der Waals surface area contributed by atoms with E-state index in [4.69, 9.17) is 4.74 Å². The zero-order valence-electron chi connectivity index (χ0n) is 13.4. The van der Waals surface area contributed by atoms with E-state index < -0.39 is 5.60 Å². The predicted molar refractivity (Wildman–Crippen MR) is 87.6 cm³/mol. The maximum atomic E-state index is 12.4. The zero-order valence-corrected chi connectivity index (χ0v) is 13.4. The van der Waals surface area contributed by atoms with Crippen LogP contribution in [-0.4, -0.2) is 23.3 Å². The summed E-state index contributed by atoms with van der Waals surface area (Å²) < 4.78 is 5.50. The molecule has 0 fully saturated rings. The van der Waals surface area contributed by atoms with Crippen molar-refractivity contribution in [1.82, 2.24) is 0 Å². The summed E-state index contributed by atoms with van der Waals surface area (Å²) in [7, 11) is 0. The highest BCUT2D eigenvalue weighted by atomic mass is 16.6. The third kappa shape index (κ3) is 2.39. The van der Waals surface area contributed by atoms with Gasteiger partial charge in [0.15, 0.2) is 0 Å². The van der Waals surface area contributed by atoms with Gasteiger partial charge in [0.2, 0.25) is 0 Å². The Morgan fingerprint density at radius 2 is 1.95 bits per heavy atom. The summed E-state index contributed by atoms with van der Waals surface area (Å²) in [5.74, 6) is 0.469. The normalized spacial score (nSPS) is 17.6. The second kappa shape index (κ2) is 4.90. The molecule has 2 aromatic carbocycles. The van der Waals surface area contributed by atoms with Crippen LogP contribution in [0.25, 0.3) is 10.8 Å². The summed E-state index contributed by atoms with van der Waals surface area (Å²) in [6, 6.07) is 9.26. The summed E-state index contributed by atoms with van der Waals surface area (Å²) in [4.78, 5) is 14.1. The molecular formula is C18H21NO3. The summed E-state index contributed by atoms with van der Waals surface area (Å²) in [6.07, 6.45) is -0.322. The Hall–Kier alpha value is -2.23. The summed E-state index contributed by atoms with van der Waals surface area (Å²) >= 11 is 0. The van der Waals surface area contributed by atoms with Gasteiger partial charge in [-0.3, -0.25) is 4.90 Å². The van der Waals surface area contributed by atoms with Crippen LogP contribution in [0.4, 0.5) is 10.5 Å². The Bertz CT molecular complexity index is 746. The molecule has 2 aromatic rings. The largest absolute Gasteiger partial charge is 0.507 e. The lowest BCUT2D eigenvalue weighted by Crippen LogP contribution is -2.36. The van der Waals surface area contributed by atoms with Crippen LogP contribution in [0.5, 0.6) is 5.75 Å². The van der Waals surface area contributed by atoms with E-state index >= 15 is 0 Å². The van der Waals surface area contributed by atoms with Crippen molar-refractivity contribution in [2.24, 2.45) is 0 Å². The molecule has 0 saturated carbocycles. The van der Waals surface area contributed by atoms with Gasteiger partial charge in [-0.05, 0) is 49.9 Å². The number of fused-ring (bicyclic) bond motifs is 3. The molecule has 1 heterocycles. The Labute approximate surface area is 130 Å². The van der Waals surface area contributed by atoms with Crippen LogP contribution in [0.1, 0.15) is 39.2 Å². The number of anilines is 1. The number of carbonyl (C=O) groups is 1. The number of ether oxygens (including phenoxy) is 1. The van der Waals surface area contributed by atoms with Crippen LogP contribution in [0.3, 0.4) is 0 Å². The van der Waals surface area contributed by atoms with Gasteiger partial charge in [0, 0.05) is 17.8 Å². The average molecular weight is 299 g/mol. The number of carbonyl (C=O) groups excluding carboxylic acids is 1. The van der Waals surface area contributed by atoms with Crippen molar-refractivity contribution in [1.29, 1.82) is 0 Å². The first-order valence-electron chi connectivity index (χ1n) is 7.53. The van der Waals surface area contributed by atoms with E-state index in [1.807, 2.05) is 45.0 Å². The van der Waals surface area contributed by atoms with Gasteiger partial charge in [-0.1, -0.05) is 19.1 Å². The monoisotopic (exact) mass is 299 g/mol. The minimum Gasteiger partial charge on any atom is -0.507 e. The van der Waals surface area contributed by atoms with E-state index in [1.165, 1.54) is 0 Å². The number of hydrogen-bond donors (Lipinski definition) is 1. The number of benzene rings is 2. The molecule has 1 amide bonds. The molecule has 1 aliphatic rings. The zero-order chi connectivity index (χ0) is 16.1. The first kappa shape index (κ1) is 14.7. The van der Waals surface area contributed by atoms with E-state index in [0.717, 1.165) is 22.0 Å². The predicted octanol–water partition coefficient (Wildman–Crippen LogP) is 4.40. The Balaban J connectivity index is 2.08. The van der Waals surface area contributed by atoms with E-state index in [0.29, 0.717) is 6.54 Å². The number of hydrogen-bond acceptors (Lipinski definition) is 3. The molecule has 0 bridgehead atoms.